The smallest absolute Gasteiger partial charge is 0.322 e. The third-order valence-electron chi connectivity index (χ3n) is 5.49. The monoisotopic (exact) mass is 449 g/mol. The number of aryl methyl sites for hydroxylation is 1. The molecule has 0 radical (unpaired) electrons. The summed E-state index contributed by atoms with van der Waals surface area (Å²) in [5.74, 6) is 0.310. The van der Waals surface area contributed by atoms with E-state index in [0.29, 0.717) is 41.1 Å². The van der Waals surface area contributed by atoms with Gasteiger partial charge in [0.05, 0.1) is 22.3 Å². The van der Waals surface area contributed by atoms with E-state index in [-0.39, 0.29) is 5.56 Å². The Morgan fingerprint density at radius 3 is 2.33 bits per heavy atom. The lowest BCUT2D eigenvalue weighted by Crippen LogP contribution is -2.18. The Labute approximate surface area is 185 Å². The maximum absolute atomic E-state index is 13.4. The number of fused-ring (bicyclic) bond motifs is 1. The fourth-order valence-electron chi connectivity index (χ4n) is 3.78. The van der Waals surface area contributed by atoms with Gasteiger partial charge in [-0.2, -0.15) is 17.9 Å². The molecule has 0 bridgehead atoms. The minimum atomic E-state index is -4.43. The van der Waals surface area contributed by atoms with Crippen LogP contribution >= 0.6 is 0 Å². The van der Waals surface area contributed by atoms with Crippen molar-refractivity contribution in [3.63, 3.8) is 0 Å². The lowest BCUT2D eigenvalue weighted by atomic mass is 10.0. The number of pyridine rings is 1. The van der Waals surface area contributed by atoms with E-state index in [4.69, 9.17) is 0 Å². The van der Waals surface area contributed by atoms with Crippen molar-refractivity contribution in [1.29, 1.82) is 0 Å². The maximum Gasteiger partial charge on any atom is 0.416 e. The van der Waals surface area contributed by atoms with Crippen molar-refractivity contribution in [2.75, 3.05) is 0 Å². The quantitative estimate of drug-likeness (QED) is 0.400. The topological polar surface area (TPSA) is 79.4 Å². The number of H-pyrrole nitrogens is 2. The Kier molecular flexibility index (Phi) is 5.08. The number of nitrogens with zero attached hydrogens (tertiary/aromatic N) is 3. The Morgan fingerprint density at radius 2 is 1.64 bits per heavy atom. The van der Waals surface area contributed by atoms with Gasteiger partial charge in [-0.1, -0.05) is 24.3 Å². The Hall–Kier alpha value is -4.14. The van der Waals surface area contributed by atoms with Gasteiger partial charge in [0, 0.05) is 18.0 Å². The van der Waals surface area contributed by atoms with Gasteiger partial charge in [0.2, 0.25) is 5.95 Å². The fourth-order valence-corrected chi connectivity index (χ4v) is 3.78. The highest BCUT2D eigenvalue weighted by atomic mass is 19.4. The van der Waals surface area contributed by atoms with Crippen molar-refractivity contribution < 1.29 is 13.2 Å². The molecule has 3 aromatic heterocycles. The molecule has 0 amide bonds. The molecule has 3 heterocycles. The number of halogens is 3. The van der Waals surface area contributed by atoms with Gasteiger partial charge in [-0.15, -0.1) is 0 Å². The highest BCUT2D eigenvalue weighted by Crippen LogP contribution is 2.31. The van der Waals surface area contributed by atoms with E-state index in [1.807, 2.05) is 36.4 Å². The molecule has 0 aliphatic carbocycles. The predicted molar refractivity (Wildman–Crippen MR) is 118 cm³/mol. The van der Waals surface area contributed by atoms with Crippen molar-refractivity contribution in [2.45, 2.75) is 19.0 Å². The Balaban J connectivity index is 1.59. The van der Waals surface area contributed by atoms with Crippen LogP contribution in [0.5, 0.6) is 0 Å². The average molecular weight is 449 g/mol. The molecule has 0 saturated carbocycles. The van der Waals surface area contributed by atoms with Gasteiger partial charge in [-0.3, -0.25) is 14.9 Å². The molecule has 33 heavy (non-hydrogen) atoms. The molecule has 2 N–H and O–H groups in total. The minimum absolute atomic E-state index is 0.307. The zero-order valence-electron chi connectivity index (χ0n) is 17.2. The number of rotatable bonds is 5. The van der Waals surface area contributed by atoms with Crippen LogP contribution < -0.4 is 5.56 Å². The van der Waals surface area contributed by atoms with Crippen LogP contribution in [0.25, 0.3) is 28.2 Å². The molecule has 0 fully saturated rings. The van der Waals surface area contributed by atoms with E-state index in [2.05, 4.69) is 20.1 Å². The molecule has 0 spiro atoms. The second-order valence-corrected chi connectivity index (χ2v) is 7.61. The molecule has 166 valence electrons. The number of aromatic amines is 2. The highest BCUT2D eigenvalue weighted by molar-refractivity contribution is 5.76. The van der Waals surface area contributed by atoms with E-state index < -0.39 is 11.7 Å². The van der Waals surface area contributed by atoms with Gasteiger partial charge in [0.1, 0.15) is 0 Å². The SMILES string of the molecule is O=c1c(CCc2ccncc2)c(-c2ccc(C(F)(F)F)cc2)[nH]n1-c1nc2ccccc2[nH]1. The molecule has 0 atom stereocenters. The van der Waals surface area contributed by atoms with Gasteiger partial charge < -0.3 is 4.98 Å². The van der Waals surface area contributed by atoms with E-state index in [1.165, 1.54) is 16.8 Å². The first kappa shape index (κ1) is 20.7. The van der Waals surface area contributed by atoms with E-state index in [0.717, 1.165) is 23.2 Å². The molecule has 0 saturated heterocycles. The number of hydrogen-bond acceptors (Lipinski definition) is 3. The van der Waals surface area contributed by atoms with Crippen LogP contribution in [-0.2, 0) is 19.0 Å². The molecular formula is C24H18F3N5O. The zero-order valence-corrected chi connectivity index (χ0v) is 17.2. The molecule has 0 aliphatic heterocycles. The summed E-state index contributed by atoms with van der Waals surface area (Å²) in [6.45, 7) is 0. The van der Waals surface area contributed by atoms with Crippen LogP contribution in [0.3, 0.4) is 0 Å². The number of alkyl halides is 3. The first-order valence-electron chi connectivity index (χ1n) is 10.3. The predicted octanol–water partition coefficient (Wildman–Crippen LogP) is 4.91. The summed E-state index contributed by atoms with van der Waals surface area (Å²) < 4.78 is 40.4. The van der Waals surface area contributed by atoms with Crippen molar-refractivity contribution in [1.82, 2.24) is 24.7 Å². The first-order valence-corrected chi connectivity index (χ1v) is 10.3. The summed E-state index contributed by atoms with van der Waals surface area (Å²) in [5, 5.41) is 3.05. The summed E-state index contributed by atoms with van der Waals surface area (Å²) >= 11 is 0. The van der Waals surface area contributed by atoms with Crippen molar-refractivity contribution >= 4 is 11.0 Å². The normalized spacial score (nSPS) is 11.8. The molecule has 5 rings (SSSR count). The zero-order chi connectivity index (χ0) is 23.0. The summed E-state index contributed by atoms with van der Waals surface area (Å²) in [6.07, 6.45) is -0.117. The van der Waals surface area contributed by atoms with Gasteiger partial charge in [0.25, 0.3) is 5.56 Å². The van der Waals surface area contributed by atoms with Crippen molar-refractivity contribution in [3.8, 4) is 17.2 Å². The number of hydrogen-bond donors (Lipinski definition) is 2. The van der Waals surface area contributed by atoms with Gasteiger partial charge in [0.15, 0.2) is 0 Å². The third kappa shape index (κ3) is 4.05. The second-order valence-electron chi connectivity index (χ2n) is 7.61. The molecule has 2 aromatic carbocycles. The van der Waals surface area contributed by atoms with E-state index in [9.17, 15) is 18.0 Å². The summed E-state index contributed by atoms with van der Waals surface area (Å²) in [7, 11) is 0. The molecule has 6 nitrogen and oxygen atoms in total. The number of aromatic nitrogens is 5. The Morgan fingerprint density at radius 1 is 0.909 bits per heavy atom. The van der Waals surface area contributed by atoms with E-state index in [1.54, 1.807) is 12.4 Å². The molecule has 9 heteroatoms. The average Bonchev–Trinajstić information content (AvgIpc) is 3.38. The van der Waals surface area contributed by atoms with Gasteiger partial charge >= 0.3 is 6.18 Å². The number of para-hydroxylation sites is 2. The van der Waals surface area contributed by atoms with Gasteiger partial charge in [-0.05, 0) is 60.4 Å². The standard InChI is InChI=1S/C24H18F3N5O/c25-24(26,27)17-8-6-16(7-9-17)21-18(10-5-15-11-13-28-14-12-15)22(33)32(31-21)23-29-19-3-1-2-4-20(19)30-23/h1-4,6-9,11-14,31H,5,10H2,(H,29,30). The summed E-state index contributed by atoms with van der Waals surface area (Å²) in [6, 6.07) is 15.9. The number of benzene rings is 2. The number of imidazole rings is 1. The molecular weight excluding hydrogens is 431 g/mol. The molecule has 5 aromatic rings. The molecule has 0 unspecified atom stereocenters. The van der Waals surface area contributed by atoms with Gasteiger partial charge in [-0.25, -0.2) is 4.98 Å². The first-order chi connectivity index (χ1) is 15.9. The van der Waals surface area contributed by atoms with Crippen LogP contribution in [-0.4, -0.2) is 24.7 Å². The number of nitrogens with one attached hydrogen (secondary N) is 2. The van der Waals surface area contributed by atoms with Crippen molar-refractivity contribution in [2.24, 2.45) is 0 Å². The fraction of sp³-hybridized carbons (Fsp3) is 0.125. The van der Waals surface area contributed by atoms with Crippen molar-refractivity contribution in [3.05, 3.63) is 100 Å². The Bertz CT molecular complexity index is 1430. The largest absolute Gasteiger partial charge is 0.416 e. The van der Waals surface area contributed by atoms with Crippen LogP contribution in [0.15, 0.2) is 77.9 Å². The maximum atomic E-state index is 13.4. The van der Waals surface area contributed by atoms with Crippen LogP contribution in [0, 0.1) is 0 Å². The van der Waals surface area contributed by atoms with Crippen LogP contribution in [0.4, 0.5) is 13.2 Å². The second kappa shape index (κ2) is 8.09. The van der Waals surface area contributed by atoms with E-state index >= 15 is 0 Å². The molecule has 0 aliphatic rings. The van der Waals surface area contributed by atoms with Crippen LogP contribution in [0.1, 0.15) is 16.7 Å². The summed E-state index contributed by atoms with van der Waals surface area (Å²) in [4.78, 5) is 25.0. The lowest BCUT2D eigenvalue weighted by Gasteiger charge is -2.08. The third-order valence-corrected chi connectivity index (χ3v) is 5.49. The summed E-state index contributed by atoms with van der Waals surface area (Å²) in [5.41, 5.74) is 2.82. The minimum Gasteiger partial charge on any atom is -0.322 e. The van der Waals surface area contributed by atoms with Crippen LogP contribution in [0.2, 0.25) is 0 Å². The highest BCUT2D eigenvalue weighted by Gasteiger charge is 2.30. The lowest BCUT2D eigenvalue weighted by molar-refractivity contribution is -0.137.